The normalized spacial score (nSPS) is 14.6. The number of rotatable bonds is 5. The van der Waals surface area contributed by atoms with E-state index in [0.29, 0.717) is 0 Å². The molecular formula is C26H25N5O. The molecule has 1 aliphatic rings. The zero-order chi connectivity index (χ0) is 21.5. The largest absolute Gasteiger partial charge is 0.355 e. The molecule has 1 aliphatic heterocycles. The molecular weight excluding hydrogens is 398 g/mol. The van der Waals surface area contributed by atoms with E-state index >= 15 is 0 Å². The number of H-pyrrole nitrogens is 1. The molecule has 0 amide bonds. The topological polar surface area (TPSA) is 58.9 Å². The minimum atomic E-state index is -0.0538. The van der Waals surface area contributed by atoms with Gasteiger partial charge in [-0.15, -0.1) is 0 Å². The zero-order valence-corrected chi connectivity index (χ0v) is 17.9. The van der Waals surface area contributed by atoms with E-state index in [2.05, 4.69) is 37.9 Å². The number of aromatic amines is 1. The summed E-state index contributed by atoms with van der Waals surface area (Å²) >= 11 is 0. The third-order valence-corrected chi connectivity index (χ3v) is 6.49. The molecule has 4 heterocycles. The van der Waals surface area contributed by atoms with Crippen molar-refractivity contribution in [3.63, 3.8) is 0 Å². The predicted octanol–water partition coefficient (Wildman–Crippen LogP) is 4.43. The molecule has 32 heavy (non-hydrogen) atoms. The summed E-state index contributed by atoms with van der Waals surface area (Å²) in [4.78, 5) is 18.8. The van der Waals surface area contributed by atoms with Crippen LogP contribution in [0.1, 0.15) is 12.8 Å². The molecule has 6 nitrogen and oxygen atoms in total. The lowest BCUT2D eigenvalue weighted by atomic mass is 10.1. The summed E-state index contributed by atoms with van der Waals surface area (Å²) in [7, 11) is 0. The van der Waals surface area contributed by atoms with Crippen molar-refractivity contribution in [3.05, 3.63) is 83.4 Å². The Bertz CT molecular complexity index is 1440. The van der Waals surface area contributed by atoms with Gasteiger partial charge >= 0.3 is 0 Å². The number of likely N-dealkylation sites (tertiary alicyclic amines) is 1. The summed E-state index contributed by atoms with van der Waals surface area (Å²) in [5.41, 5.74) is 4.81. The number of pyridine rings is 1. The standard InChI is InChI=1S/C26H25N5O/c32-26-17-20(24-16-19-5-1-2-6-23(19)28-24)9-12-30(26)22-7-8-25-21(15-22)18-27-31(25)14-13-29-10-3-4-11-29/h1-2,5-9,12,15-18,28H,3-4,10-11,13-14H2. The summed E-state index contributed by atoms with van der Waals surface area (Å²) in [6.45, 7) is 4.32. The van der Waals surface area contributed by atoms with E-state index in [0.717, 1.165) is 51.8 Å². The molecule has 1 fully saturated rings. The SMILES string of the molecule is O=c1cc(-c2cc3ccccc3[nH]2)ccn1-c1ccc2c(cnn2CCN2CCCC2)c1. The molecule has 0 bridgehead atoms. The highest BCUT2D eigenvalue weighted by Crippen LogP contribution is 2.24. The van der Waals surface area contributed by atoms with Crippen LogP contribution >= 0.6 is 0 Å². The zero-order valence-electron chi connectivity index (χ0n) is 17.9. The number of nitrogens with one attached hydrogen (secondary N) is 1. The molecule has 160 valence electrons. The molecule has 3 aromatic heterocycles. The second-order valence-electron chi connectivity index (χ2n) is 8.55. The number of hydrogen-bond acceptors (Lipinski definition) is 3. The Morgan fingerprint density at radius 3 is 2.62 bits per heavy atom. The molecule has 0 aliphatic carbocycles. The van der Waals surface area contributed by atoms with E-state index in [1.54, 1.807) is 10.6 Å². The average Bonchev–Trinajstić information content (AvgIpc) is 3.56. The van der Waals surface area contributed by atoms with Crippen LogP contribution in [-0.4, -0.2) is 43.9 Å². The van der Waals surface area contributed by atoms with Crippen LogP contribution in [-0.2, 0) is 6.54 Å². The van der Waals surface area contributed by atoms with Gasteiger partial charge in [0, 0.05) is 52.0 Å². The van der Waals surface area contributed by atoms with Crippen LogP contribution in [0.3, 0.4) is 0 Å². The van der Waals surface area contributed by atoms with Crippen molar-refractivity contribution in [2.45, 2.75) is 19.4 Å². The summed E-state index contributed by atoms with van der Waals surface area (Å²) < 4.78 is 3.76. The van der Waals surface area contributed by atoms with Gasteiger partial charge < -0.3 is 9.88 Å². The quantitative estimate of drug-likeness (QED) is 0.455. The monoisotopic (exact) mass is 423 g/mol. The van der Waals surface area contributed by atoms with Gasteiger partial charge in [-0.25, -0.2) is 0 Å². The van der Waals surface area contributed by atoms with Gasteiger partial charge in [0.15, 0.2) is 0 Å². The Hall–Kier alpha value is -3.64. The lowest BCUT2D eigenvalue weighted by Crippen LogP contribution is -2.24. The maximum absolute atomic E-state index is 12.9. The number of hydrogen-bond donors (Lipinski definition) is 1. The van der Waals surface area contributed by atoms with Crippen molar-refractivity contribution in [1.29, 1.82) is 0 Å². The Morgan fingerprint density at radius 2 is 1.78 bits per heavy atom. The van der Waals surface area contributed by atoms with Gasteiger partial charge in [-0.3, -0.25) is 14.0 Å². The van der Waals surface area contributed by atoms with Crippen LogP contribution in [0.4, 0.5) is 0 Å². The molecule has 0 unspecified atom stereocenters. The van der Waals surface area contributed by atoms with Crippen molar-refractivity contribution < 1.29 is 0 Å². The third-order valence-electron chi connectivity index (χ3n) is 6.49. The van der Waals surface area contributed by atoms with E-state index in [1.807, 2.05) is 48.8 Å². The molecule has 5 aromatic rings. The van der Waals surface area contributed by atoms with Gasteiger partial charge in [0.25, 0.3) is 5.56 Å². The maximum atomic E-state index is 12.9. The van der Waals surface area contributed by atoms with E-state index in [9.17, 15) is 4.79 Å². The van der Waals surface area contributed by atoms with Crippen LogP contribution in [0.2, 0.25) is 0 Å². The molecule has 1 saturated heterocycles. The van der Waals surface area contributed by atoms with E-state index in [4.69, 9.17) is 0 Å². The second kappa shape index (κ2) is 7.80. The Labute approximate surface area is 185 Å². The smallest absolute Gasteiger partial charge is 0.255 e. The Balaban J connectivity index is 1.28. The second-order valence-corrected chi connectivity index (χ2v) is 8.55. The minimum absolute atomic E-state index is 0.0538. The molecule has 6 rings (SSSR count). The molecule has 6 heteroatoms. The van der Waals surface area contributed by atoms with Gasteiger partial charge in [0.2, 0.25) is 0 Å². The molecule has 0 atom stereocenters. The van der Waals surface area contributed by atoms with Crippen molar-refractivity contribution in [2.75, 3.05) is 19.6 Å². The van der Waals surface area contributed by atoms with Crippen LogP contribution in [0.15, 0.2) is 77.9 Å². The van der Waals surface area contributed by atoms with Crippen molar-refractivity contribution in [3.8, 4) is 16.9 Å². The molecule has 0 saturated carbocycles. The highest BCUT2D eigenvalue weighted by molar-refractivity contribution is 5.85. The van der Waals surface area contributed by atoms with Crippen LogP contribution in [0.25, 0.3) is 38.8 Å². The van der Waals surface area contributed by atoms with Gasteiger partial charge in [0.1, 0.15) is 0 Å². The number of benzene rings is 2. The van der Waals surface area contributed by atoms with Crippen molar-refractivity contribution in [2.24, 2.45) is 0 Å². The third kappa shape index (κ3) is 3.42. The number of aromatic nitrogens is 4. The van der Waals surface area contributed by atoms with Crippen LogP contribution in [0.5, 0.6) is 0 Å². The average molecular weight is 424 g/mol. The van der Waals surface area contributed by atoms with E-state index in [-0.39, 0.29) is 5.56 Å². The maximum Gasteiger partial charge on any atom is 0.255 e. The first-order valence-electron chi connectivity index (χ1n) is 11.2. The van der Waals surface area contributed by atoms with Gasteiger partial charge in [-0.05, 0) is 62.3 Å². The number of para-hydroxylation sites is 1. The lowest BCUT2D eigenvalue weighted by Gasteiger charge is -2.14. The van der Waals surface area contributed by atoms with Crippen molar-refractivity contribution in [1.82, 2.24) is 24.2 Å². The lowest BCUT2D eigenvalue weighted by molar-refractivity contribution is 0.318. The summed E-state index contributed by atoms with van der Waals surface area (Å²) in [6, 6.07) is 20.0. The first-order valence-corrected chi connectivity index (χ1v) is 11.2. The fraction of sp³-hybridized carbons (Fsp3) is 0.231. The molecule has 0 spiro atoms. The van der Waals surface area contributed by atoms with E-state index < -0.39 is 0 Å². The predicted molar refractivity (Wildman–Crippen MR) is 128 cm³/mol. The van der Waals surface area contributed by atoms with Gasteiger partial charge in [0.05, 0.1) is 18.3 Å². The molecule has 1 N–H and O–H groups in total. The first kappa shape index (κ1) is 19.1. The first-order chi connectivity index (χ1) is 15.7. The highest BCUT2D eigenvalue weighted by atomic mass is 16.1. The minimum Gasteiger partial charge on any atom is -0.355 e. The van der Waals surface area contributed by atoms with Gasteiger partial charge in [-0.2, -0.15) is 5.10 Å². The Kier molecular flexibility index (Phi) is 4.65. The fourth-order valence-corrected chi connectivity index (χ4v) is 4.73. The number of nitrogens with zero attached hydrogens (tertiary/aromatic N) is 4. The fourth-order valence-electron chi connectivity index (χ4n) is 4.73. The van der Waals surface area contributed by atoms with Crippen molar-refractivity contribution >= 4 is 21.8 Å². The van der Waals surface area contributed by atoms with Gasteiger partial charge in [-0.1, -0.05) is 18.2 Å². The summed E-state index contributed by atoms with van der Waals surface area (Å²) in [5.74, 6) is 0. The summed E-state index contributed by atoms with van der Waals surface area (Å²) in [5, 5.41) is 6.78. The summed E-state index contributed by atoms with van der Waals surface area (Å²) in [6.07, 6.45) is 6.35. The van der Waals surface area contributed by atoms with Crippen LogP contribution < -0.4 is 5.56 Å². The van der Waals surface area contributed by atoms with Crippen LogP contribution in [0, 0.1) is 0 Å². The Morgan fingerprint density at radius 1 is 0.906 bits per heavy atom. The molecule has 2 aromatic carbocycles. The molecule has 0 radical (unpaired) electrons. The number of fused-ring (bicyclic) bond motifs is 2. The van der Waals surface area contributed by atoms with E-state index in [1.165, 1.54) is 25.9 Å². The highest BCUT2D eigenvalue weighted by Gasteiger charge is 2.13.